The van der Waals surface area contributed by atoms with E-state index in [1.807, 2.05) is 36.5 Å². The number of imidazole rings is 1. The van der Waals surface area contributed by atoms with Crippen LogP contribution in [0.3, 0.4) is 0 Å². The summed E-state index contributed by atoms with van der Waals surface area (Å²) in [5.74, 6) is 1.68. The molecule has 0 bridgehead atoms. The largest absolute Gasteiger partial charge is 0.507 e. The second-order valence-corrected chi connectivity index (χ2v) is 24.1. The number of hydrogen-bond acceptors (Lipinski definition) is 5. The number of hydrogen-bond donors (Lipinski definition) is 1. The second-order valence-electron chi connectivity index (χ2n) is 24.1. The fraction of sp³-hybridized carbons (Fsp3) is 0.235. The van der Waals surface area contributed by atoms with Gasteiger partial charge in [-0.2, -0.15) is 0 Å². The predicted octanol–water partition coefficient (Wildman–Crippen LogP) is 18.6. The van der Waals surface area contributed by atoms with E-state index in [1.165, 1.54) is 5.56 Å². The molecule has 0 radical (unpaired) electrons. The van der Waals surface area contributed by atoms with Gasteiger partial charge in [-0.1, -0.05) is 191 Å². The Labute approximate surface area is 455 Å². The standard InChI is InChI=1S/C68H64N3O3.Pt/c1-65(2,3)47-29-30-56(52(37-47)42-19-14-13-15-20-42)71-57-23-18-22-50(61(57)70-64(71)53-38-49(67(7,8)9)39-54(62(53)72)68(10,11)12)45-33-46(35-48(34-45)66(4,5)6)55-36-44(31-32-69-55)41-25-27-43(28-26-41)59-40-60-63(74-59)51-21-16-17-24-58(51)73-60;/h13-32,34-40,72H,1-12H3;/q-1;. The SMILES string of the molecule is CC(C)(C)c1cc(-c2cc(-c3ccc(-c4cc5oc6ccccc6c5o4)cc3)ccn2)[c-]c(-c2cccc3c2nc(-c2cc(C(C)(C)C)cc(C(C)(C)C)c2O)n3-c2ccc(C(C)(C)C)cc2-c2ccccc2)c1.[Pt]. The molecule has 380 valence electrons. The van der Waals surface area contributed by atoms with Gasteiger partial charge in [-0.3, -0.25) is 9.55 Å². The number of nitrogens with zero attached hydrogens (tertiary/aromatic N) is 3. The summed E-state index contributed by atoms with van der Waals surface area (Å²) < 4.78 is 14.7. The summed E-state index contributed by atoms with van der Waals surface area (Å²) in [6, 6.07) is 59.2. The molecule has 4 aromatic heterocycles. The molecule has 11 aromatic rings. The van der Waals surface area contributed by atoms with E-state index in [0.29, 0.717) is 11.4 Å². The number of pyridine rings is 1. The van der Waals surface area contributed by atoms with Gasteiger partial charge in [0.2, 0.25) is 0 Å². The topological polar surface area (TPSA) is 77.2 Å². The summed E-state index contributed by atoms with van der Waals surface area (Å²) in [7, 11) is 0. The van der Waals surface area contributed by atoms with E-state index in [1.54, 1.807) is 0 Å². The maximum Gasteiger partial charge on any atom is 0.181 e. The van der Waals surface area contributed by atoms with Gasteiger partial charge >= 0.3 is 0 Å². The molecule has 4 heterocycles. The van der Waals surface area contributed by atoms with E-state index < -0.39 is 0 Å². The Balaban J connectivity index is 0.00000641. The van der Waals surface area contributed by atoms with Crippen LogP contribution in [0.4, 0.5) is 0 Å². The predicted molar refractivity (Wildman–Crippen MR) is 306 cm³/mol. The van der Waals surface area contributed by atoms with Crippen molar-refractivity contribution in [2.75, 3.05) is 0 Å². The molecule has 75 heavy (non-hydrogen) atoms. The molecule has 6 nitrogen and oxygen atoms in total. The third-order valence-corrected chi connectivity index (χ3v) is 14.5. The first-order chi connectivity index (χ1) is 35.1. The van der Waals surface area contributed by atoms with Crippen LogP contribution in [0.2, 0.25) is 0 Å². The third-order valence-electron chi connectivity index (χ3n) is 14.5. The summed E-state index contributed by atoms with van der Waals surface area (Å²) in [5.41, 5.74) is 18.1. The first kappa shape index (κ1) is 51.2. The average Bonchev–Trinajstić information content (AvgIpc) is 4.09. The molecule has 0 saturated heterocycles. The van der Waals surface area contributed by atoms with Crippen molar-refractivity contribution >= 4 is 33.2 Å². The molecule has 11 rings (SSSR count). The van der Waals surface area contributed by atoms with Crippen LogP contribution in [0.1, 0.15) is 105 Å². The van der Waals surface area contributed by atoms with Crippen LogP contribution in [0.25, 0.3) is 106 Å². The van der Waals surface area contributed by atoms with E-state index in [2.05, 4.69) is 221 Å². The molecule has 0 fully saturated rings. The van der Waals surface area contributed by atoms with E-state index in [-0.39, 0.29) is 48.5 Å². The molecule has 0 aliphatic carbocycles. The van der Waals surface area contributed by atoms with Gasteiger partial charge < -0.3 is 13.9 Å². The van der Waals surface area contributed by atoms with E-state index in [9.17, 15) is 5.11 Å². The third kappa shape index (κ3) is 9.59. The molecule has 1 N–H and O–H groups in total. The Morgan fingerprint density at radius 3 is 1.85 bits per heavy atom. The van der Waals surface area contributed by atoms with Crippen LogP contribution in [0, 0.1) is 6.07 Å². The molecule has 0 unspecified atom stereocenters. The summed E-state index contributed by atoms with van der Waals surface area (Å²) in [4.78, 5) is 10.7. The molecule has 0 aliphatic heterocycles. The van der Waals surface area contributed by atoms with Crippen molar-refractivity contribution in [1.82, 2.24) is 14.5 Å². The molecule has 7 heteroatoms. The number of aromatic hydroxyl groups is 1. The molecule has 0 aliphatic rings. The van der Waals surface area contributed by atoms with Crippen molar-refractivity contribution in [2.45, 2.75) is 105 Å². The van der Waals surface area contributed by atoms with Crippen LogP contribution in [-0.2, 0) is 42.7 Å². The Bertz CT molecular complexity index is 3940. The molecule has 0 spiro atoms. The first-order valence-electron chi connectivity index (χ1n) is 25.8. The van der Waals surface area contributed by atoms with Crippen LogP contribution in [-0.4, -0.2) is 19.6 Å². The fourth-order valence-corrected chi connectivity index (χ4v) is 10.1. The number of furan rings is 2. The zero-order valence-electron chi connectivity index (χ0n) is 45.0. The average molecular weight is 1170 g/mol. The minimum absolute atomic E-state index is 0. The van der Waals surface area contributed by atoms with Crippen LogP contribution in [0.5, 0.6) is 5.75 Å². The Morgan fingerprint density at radius 2 is 1.15 bits per heavy atom. The smallest absolute Gasteiger partial charge is 0.181 e. The monoisotopic (exact) mass is 1170 g/mol. The molecule has 0 saturated carbocycles. The minimum Gasteiger partial charge on any atom is -0.507 e. The van der Waals surface area contributed by atoms with Gasteiger partial charge in [0.25, 0.3) is 0 Å². The summed E-state index contributed by atoms with van der Waals surface area (Å²) in [6.45, 7) is 26.7. The van der Waals surface area contributed by atoms with Gasteiger partial charge in [-0.25, -0.2) is 4.98 Å². The summed E-state index contributed by atoms with van der Waals surface area (Å²) in [5, 5.41) is 13.6. The minimum atomic E-state index is -0.344. The fourth-order valence-electron chi connectivity index (χ4n) is 10.1. The number of aromatic nitrogens is 3. The van der Waals surface area contributed by atoms with E-state index in [0.717, 1.165) is 112 Å². The zero-order chi connectivity index (χ0) is 52.1. The number of phenols is 1. The number of fused-ring (bicyclic) bond motifs is 4. The number of para-hydroxylation sites is 2. The van der Waals surface area contributed by atoms with E-state index >= 15 is 0 Å². The Kier molecular flexibility index (Phi) is 12.9. The van der Waals surface area contributed by atoms with Gasteiger partial charge in [0, 0.05) is 55.7 Å². The quantitative estimate of drug-likeness (QED) is 0.161. The number of phenolic OH excluding ortho intramolecular Hbond substituents is 1. The molecule has 0 amide bonds. The van der Waals surface area contributed by atoms with Gasteiger partial charge in [0.05, 0.1) is 27.7 Å². The summed E-state index contributed by atoms with van der Waals surface area (Å²) in [6.07, 6.45) is 1.88. The normalized spacial score (nSPS) is 12.5. The molecular formula is C68H64N3O3Pt-. The summed E-state index contributed by atoms with van der Waals surface area (Å²) >= 11 is 0. The van der Waals surface area contributed by atoms with Gasteiger partial charge in [-0.05, 0) is 91.9 Å². The molecule has 0 atom stereocenters. The van der Waals surface area contributed by atoms with Gasteiger partial charge in [0.15, 0.2) is 11.2 Å². The van der Waals surface area contributed by atoms with Crippen molar-refractivity contribution < 1.29 is 35.0 Å². The van der Waals surface area contributed by atoms with Crippen molar-refractivity contribution in [3.8, 4) is 78.8 Å². The van der Waals surface area contributed by atoms with E-state index in [4.69, 9.17) is 18.8 Å². The second kappa shape index (κ2) is 18.8. The maximum atomic E-state index is 12.6. The maximum absolute atomic E-state index is 12.6. The number of rotatable bonds is 7. The van der Waals surface area contributed by atoms with Crippen LogP contribution < -0.4 is 0 Å². The van der Waals surface area contributed by atoms with Crippen LogP contribution in [0.15, 0.2) is 173 Å². The van der Waals surface area contributed by atoms with Gasteiger partial charge in [0.1, 0.15) is 22.9 Å². The Morgan fingerprint density at radius 1 is 0.493 bits per heavy atom. The van der Waals surface area contributed by atoms with Crippen LogP contribution >= 0.6 is 0 Å². The molecule has 7 aromatic carbocycles. The van der Waals surface area contributed by atoms with Crippen molar-refractivity contribution in [3.63, 3.8) is 0 Å². The number of benzene rings is 7. The first-order valence-corrected chi connectivity index (χ1v) is 25.8. The van der Waals surface area contributed by atoms with Gasteiger partial charge in [-0.15, -0.1) is 29.3 Å². The molecular weight excluding hydrogens is 1100 g/mol. The van der Waals surface area contributed by atoms with Crippen molar-refractivity contribution in [3.05, 3.63) is 192 Å². The van der Waals surface area contributed by atoms with Crippen molar-refractivity contribution in [1.29, 1.82) is 0 Å². The van der Waals surface area contributed by atoms with Crippen molar-refractivity contribution in [2.24, 2.45) is 0 Å². The Hall–Kier alpha value is -7.27. The zero-order valence-corrected chi connectivity index (χ0v) is 47.3.